The lowest BCUT2D eigenvalue weighted by Crippen LogP contribution is -2.23. The standard InChI is InChI=1S/C15H18ClN5O2/c1-12-9-17-11-20(12)8-2-7-18-15(10-21(22)23)19-14-5-3-13(16)4-6-14/h3-6,9-11,18-19H,2,7-8H2,1H3. The van der Waals surface area contributed by atoms with Gasteiger partial charge in [-0.25, -0.2) is 4.98 Å². The van der Waals surface area contributed by atoms with Crippen LogP contribution < -0.4 is 10.6 Å². The second kappa shape index (κ2) is 8.19. The normalized spacial score (nSPS) is 11.3. The monoisotopic (exact) mass is 335 g/mol. The van der Waals surface area contributed by atoms with Crippen LogP contribution in [0.25, 0.3) is 0 Å². The summed E-state index contributed by atoms with van der Waals surface area (Å²) in [7, 11) is 0. The first-order valence-electron chi connectivity index (χ1n) is 7.13. The van der Waals surface area contributed by atoms with Gasteiger partial charge in [-0.05, 0) is 37.6 Å². The second-order valence-corrected chi connectivity index (χ2v) is 5.41. The van der Waals surface area contributed by atoms with Gasteiger partial charge in [-0.2, -0.15) is 0 Å². The van der Waals surface area contributed by atoms with Crippen molar-refractivity contribution < 1.29 is 4.92 Å². The van der Waals surface area contributed by atoms with Crippen LogP contribution in [-0.2, 0) is 6.54 Å². The summed E-state index contributed by atoms with van der Waals surface area (Å²) in [6.45, 7) is 3.38. The maximum atomic E-state index is 10.7. The van der Waals surface area contributed by atoms with Crippen molar-refractivity contribution >= 4 is 17.3 Å². The van der Waals surface area contributed by atoms with Crippen LogP contribution >= 0.6 is 11.6 Å². The molecule has 0 unspecified atom stereocenters. The van der Waals surface area contributed by atoms with E-state index in [1.807, 2.05) is 11.5 Å². The quantitative estimate of drug-likeness (QED) is 0.440. The number of nitro groups is 1. The lowest BCUT2D eigenvalue weighted by molar-refractivity contribution is -0.403. The average Bonchev–Trinajstić information content (AvgIpc) is 2.90. The van der Waals surface area contributed by atoms with E-state index in [0.717, 1.165) is 30.5 Å². The third kappa shape index (κ3) is 5.63. The van der Waals surface area contributed by atoms with Gasteiger partial charge in [-0.3, -0.25) is 10.1 Å². The Balaban J connectivity index is 1.87. The van der Waals surface area contributed by atoms with E-state index in [9.17, 15) is 10.1 Å². The number of nitrogens with zero attached hydrogens (tertiary/aromatic N) is 3. The van der Waals surface area contributed by atoms with Crippen molar-refractivity contribution in [3.8, 4) is 0 Å². The van der Waals surface area contributed by atoms with E-state index in [0.29, 0.717) is 17.4 Å². The minimum absolute atomic E-state index is 0.333. The number of imidazole rings is 1. The second-order valence-electron chi connectivity index (χ2n) is 4.97. The summed E-state index contributed by atoms with van der Waals surface area (Å²) in [4.78, 5) is 14.3. The van der Waals surface area contributed by atoms with Crippen LogP contribution in [-0.4, -0.2) is 21.0 Å². The SMILES string of the molecule is Cc1cncn1CCCNC(=C[N+](=O)[O-])Nc1ccc(Cl)cc1. The highest BCUT2D eigenvalue weighted by Crippen LogP contribution is 2.14. The number of halogens is 1. The fourth-order valence-corrected chi connectivity index (χ4v) is 2.14. The number of aromatic nitrogens is 2. The molecule has 0 aliphatic carbocycles. The molecular formula is C15H18ClN5O2. The number of rotatable bonds is 8. The molecule has 0 aliphatic heterocycles. The summed E-state index contributed by atoms with van der Waals surface area (Å²) in [5.41, 5.74) is 1.81. The van der Waals surface area contributed by atoms with Crippen LogP contribution in [0, 0.1) is 17.0 Å². The van der Waals surface area contributed by atoms with Crippen LogP contribution in [0.3, 0.4) is 0 Å². The highest BCUT2D eigenvalue weighted by atomic mass is 35.5. The van der Waals surface area contributed by atoms with E-state index in [2.05, 4.69) is 15.6 Å². The van der Waals surface area contributed by atoms with E-state index in [1.165, 1.54) is 0 Å². The van der Waals surface area contributed by atoms with Crippen LogP contribution in [0.5, 0.6) is 0 Å². The molecule has 23 heavy (non-hydrogen) atoms. The zero-order valence-corrected chi connectivity index (χ0v) is 13.5. The number of nitrogens with one attached hydrogen (secondary N) is 2. The Morgan fingerprint density at radius 2 is 2.17 bits per heavy atom. The molecule has 1 heterocycles. The van der Waals surface area contributed by atoms with Crippen molar-refractivity contribution in [3.63, 3.8) is 0 Å². The molecule has 122 valence electrons. The molecule has 0 amide bonds. The lowest BCUT2D eigenvalue weighted by Gasteiger charge is -2.12. The first-order valence-corrected chi connectivity index (χ1v) is 7.51. The van der Waals surface area contributed by atoms with Gasteiger partial charge in [0.2, 0.25) is 0 Å². The van der Waals surface area contributed by atoms with Gasteiger partial charge in [-0.1, -0.05) is 11.6 Å². The van der Waals surface area contributed by atoms with Crippen molar-refractivity contribution in [2.45, 2.75) is 19.9 Å². The largest absolute Gasteiger partial charge is 0.366 e. The number of hydrogen-bond donors (Lipinski definition) is 2. The molecule has 0 saturated heterocycles. The maximum absolute atomic E-state index is 10.7. The Kier molecular flexibility index (Phi) is 5.99. The molecule has 8 heteroatoms. The molecule has 0 bridgehead atoms. The van der Waals surface area contributed by atoms with Crippen molar-refractivity contribution in [1.29, 1.82) is 0 Å². The average molecular weight is 336 g/mol. The molecule has 0 radical (unpaired) electrons. The molecule has 0 spiro atoms. The lowest BCUT2D eigenvalue weighted by atomic mass is 10.3. The predicted molar refractivity (Wildman–Crippen MR) is 89.7 cm³/mol. The molecular weight excluding hydrogens is 318 g/mol. The van der Waals surface area contributed by atoms with Crippen LogP contribution in [0.1, 0.15) is 12.1 Å². The summed E-state index contributed by atoms with van der Waals surface area (Å²) in [5.74, 6) is 0.333. The summed E-state index contributed by atoms with van der Waals surface area (Å²) in [5, 5.41) is 17.4. The van der Waals surface area contributed by atoms with Crippen molar-refractivity contribution in [1.82, 2.24) is 14.9 Å². The fourth-order valence-electron chi connectivity index (χ4n) is 2.01. The Labute approximate surface area is 139 Å². The Hall–Kier alpha value is -2.54. The third-order valence-electron chi connectivity index (χ3n) is 3.17. The Morgan fingerprint density at radius 1 is 1.43 bits per heavy atom. The summed E-state index contributed by atoms with van der Waals surface area (Å²) >= 11 is 5.82. The van der Waals surface area contributed by atoms with Crippen LogP contribution in [0.2, 0.25) is 5.02 Å². The molecule has 2 N–H and O–H groups in total. The van der Waals surface area contributed by atoms with Crippen LogP contribution in [0.15, 0.2) is 48.8 Å². The van der Waals surface area contributed by atoms with Gasteiger partial charge in [0, 0.05) is 35.7 Å². The summed E-state index contributed by atoms with van der Waals surface area (Å²) in [6, 6.07) is 6.95. The number of hydrogen-bond acceptors (Lipinski definition) is 5. The van der Waals surface area contributed by atoms with Gasteiger partial charge in [0.05, 0.1) is 11.3 Å². The summed E-state index contributed by atoms with van der Waals surface area (Å²) in [6.07, 6.45) is 5.30. The maximum Gasteiger partial charge on any atom is 0.274 e. The number of benzene rings is 1. The first-order chi connectivity index (χ1) is 11.0. The zero-order chi connectivity index (χ0) is 16.7. The van der Waals surface area contributed by atoms with Gasteiger partial charge in [0.25, 0.3) is 6.20 Å². The van der Waals surface area contributed by atoms with Gasteiger partial charge >= 0.3 is 0 Å². The van der Waals surface area contributed by atoms with E-state index in [1.54, 1.807) is 36.8 Å². The minimum Gasteiger partial charge on any atom is -0.366 e. The minimum atomic E-state index is -0.495. The van der Waals surface area contributed by atoms with Crippen molar-refractivity contribution in [2.24, 2.45) is 0 Å². The number of anilines is 1. The van der Waals surface area contributed by atoms with Gasteiger partial charge in [0.1, 0.15) is 0 Å². The predicted octanol–water partition coefficient (Wildman–Crippen LogP) is 3.01. The zero-order valence-electron chi connectivity index (χ0n) is 12.7. The van der Waals surface area contributed by atoms with Crippen molar-refractivity contribution in [3.05, 3.63) is 69.6 Å². The molecule has 7 nitrogen and oxygen atoms in total. The van der Waals surface area contributed by atoms with Gasteiger partial charge < -0.3 is 15.2 Å². The molecule has 0 fully saturated rings. The molecule has 0 atom stereocenters. The Morgan fingerprint density at radius 3 is 2.78 bits per heavy atom. The molecule has 0 aliphatic rings. The van der Waals surface area contributed by atoms with Gasteiger partial charge in [0.15, 0.2) is 5.82 Å². The van der Waals surface area contributed by atoms with Gasteiger partial charge in [-0.15, -0.1) is 0 Å². The van der Waals surface area contributed by atoms with E-state index >= 15 is 0 Å². The Bertz CT molecular complexity index is 681. The number of aryl methyl sites for hydroxylation is 2. The highest BCUT2D eigenvalue weighted by Gasteiger charge is 2.04. The van der Waals surface area contributed by atoms with Crippen molar-refractivity contribution in [2.75, 3.05) is 11.9 Å². The third-order valence-corrected chi connectivity index (χ3v) is 3.42. The van der Waals surface area contributed by atoms with Crippen LogP contribution in [0.4, 0.5) is 5.69 Å². The fraction of sp³-hybridized carbons (Fsp3) is 0.267. The smallest absolute Gasteiger partial charge is 0.274 e. The molecule has 2 rings (SSSR count). The molecule has 1 aromatic carbocycles. The highest BCUT2D eigenvalue weighted by molar-refractivity contribution is 6.30. The van der Waals surface area contributed by atoms with E-state index < -0.39 is 4.92 Å². The van der Waals surface area contributed by atoms with E-state index in [4.69, 9.17) is 11.6 Å². The summed E-state index contributed by atoms with van der Waals surface area (Å²) < 4.78 is 2.03. The topological polar surface area (TPSA) is 85.0 Å². The first kappa shape index (κ1) is 16.8. The molecule has 1 aromatic heterocycles. The van der Waals surface area contributed by atoms with E-state index in [-0.39, 0.29) is 0 Å². The molecule has 0 saturated carbocycles. The molecule has 2 aromatic rings.